The highest BCUT2D eigenvalue weighted by molar-refractivity contribution is 7.93. The lowest BCUT2D eigenvalue weighted by Crippen LogP contribution is -2.59. The molecule has 14 heteroatoms. The molecule has 2 aliphatic rings. The number of aliphatic hydroxyl groups is 1. The molecule has 0 radical (unpaired) electrons. The van der Waals surface area contributed by atoms with Crippen LogP contribution in [0.15, 0.2) is 59.5 Å². The van der Waals surface area contributed by atoms with Crippen molar-refractivity contribution in [1.82, 2.24) is 9.80 Å². The second-order valence-corrected chi connectivity index (χ2v) is 13.1. The number of methoxy groups -OCH3 is 3. The number of para-hydroxylation sites is 1. The number of anilines is 1. The molecular formula is C30H31Cl2N3O8S. The van der Waals surface area contributed by atoms with Gasteiger partial charge in [0.15, 0.2) is 5.54 Å². The minimum absolute atomic E-state index is 0.00156. The van der Waals surface area contributed by atoms with Gasteiger partial charge >= 0.3 is 0 Å². The van der Waals surface area contributed by atoms with E-state index in [-0.39, 0.29) is 62.1 Å². The number of carbonyl (C=O) groups excluding carboxylic acids is 2. The summed E-state index contributed by atoms with van der Waals surface area (Å²) in [6.07, 6.45) is -1.02. The highest BCUT2D eigenvalue weighted by Gasteiger charge is 2.64. The molecule has 2 aliphatic heterocycles. The number of β-amino-alcohol motifs (C(OH)–C–C–N with tert-alkyl or cyclic N) is 1. The molecule has 1 saturated heterocycles. The second-order valence-electron chi connectivity index (χ2n) is 10.6. The van der Waals surface area contributed by atoms with E-state index in [1.54, 1.807) is 38.4 Å². The van der Waals surface area contributed by atoms with Crippen LogP contribution in [0.3, 0.4) is 0 Å². The van der Waals surface area contributed by atoms with Crippen LogP contribution in [0.25, 0.3) is 0 Å². The number of benzene rings is 3. The number of likely N-dealkylation sites (tertiary alicyclic amines) is 1. The zero-order valence-corrected chi connectivity index (χ0v) is 26.9. The van der Waals surface area contributed by atoms with E-state index in [4.69, 9.17) is 37.4 Å². The summed E-state index contributed by atoms with van der Waals surface area (Å²) < 4.78 is 46.2. The van der Waals surface area contributed by atoms with Crippen LogP contribution >= 0.6 is 23.2 Å². The van der Waals surface area contributed by atoms with Crippen LogP contribution in [0.5, 0.6) is 17.2 Å². The largest absolute Gasteiger partial charge is 0.497 e. The molecule has 3 aromatic carbocycles. The average Bonchev–Trinajstić information content (AvgIpc) is 3.51. The summed E-state index contributed by atoms with van der Waals surface area (Å²) in [6, 6.07) is 12.4. The Labute approximate surface area is 265 Å². The Balaban J connectivity index is 1.89. The minimum atomic E-state index is -4.72. The molecule has 0 aromatic heterocycles. The number of sulfonamides is 1. The maximum Gasteiger partial charge on any atom is 0.274 e. The first-order valence-electron chi connectivity index (χ1n) is 13.4. The normalized spacial score (nSPS) is 21.7. The third kappa shape index (κ3) is 4.76. The molecular weight excluding hydrogens is 633 g/mol. The van der Waals surface area contributed by atoms with E-state index in [1.807, 2.05) is 0 Å². The van der Waals surface area contributed by atoms with Gasteiger partial charge in [-0.1, -0.05) is 41.4 Å². The zero-order valence-electron chi connectivity index (χ0n) is 24.6. The summed E-state index contributed by atoms with van der Waals surface area (Å²) in [7, 11) is 2.55. The van der Waals surface area contributed by atoms with Crippen molar-refractivity contribution in [2.45, 2.75) is 29.0 Å². The van der Waals surface area contributed by atoms with E-state index in [2.05, 4.69) is 0 Å². The lowest BCUT2D eigenvalue weighted by Gasteiger charge is -2.42. The molecule has 11 nitrogen and oxygen atoms in total. The van der Waals surface area contributed by atoms with Gasteiger partial charge < -0.3 is 24.2 Å². The average molecular weight is 665 g/mol. The Bertz CT molecular complexity index is 1750. The Hall–Kier alpha value is -3.55. The van der Waals surface area contributed by atoms with Crippen LogP contribution in [0.2, 0.25) is 10.0 Å². The number of fused-ring (bicyclic) bond motifs is 1. The van der Waals surface area contributed by atoms with Crippen LogP contribution in [0, 0.1) is 0 Å². The molecule has 2 amide bonds. The second kappa shape index (κ2) is 11.8. The Morgan fingerprint density at radius 1 is 0.955 bits per heavy atom. The van der Waals surface area contributed by atoms with Crippen molar-refractivity contribution in [3.05, 3.63) is 75.8 Å². The van der Waals surface area contributed by atoms with E-state index in [9.17, 15) is 18.3 Å². The molecule has 44 heavy (non-hydrogen) atoms. The smallest absolute Gasteiger partial charge is 0.274 e. The van der Waals surface area contributed by atoms with Crippen LogP contribution in [0.1, 0.15) is 17.5 Å². The molecule has 2 heterocycles. The monoisotopic (exact) mass is 663 g/mol. The minimum Gasteiger partial charge on any atom is -0.497 e. The van der Waals surface area contributed by atoms with E-state index in [1.165, 1.54) is 61.5 Å². The fourth-order valence-corrected chi connectivity index (χ4v) is 7.96. The predicted molar refractivity (Wildman–Crippen MR) is 164 cm³/mol. The summed E-state index contributed by atoms with van der Waals surface area (Å²) in [5.74, 6) is -0.812. The van der Waals surface area contributed by atoms with Crippen molar-refractivity contribution >= 4 is 50.7 Å². The van der Waals surface area contributed by atoms with Crippen LogP contribution in [-0.2, 0) is 25.2 Å². The Morgan fingerprint density at radius 2 is 1.61 bits per heavy atom. The third-order valence-corrected chi connectivity index (χ3v) is 10.4. The number of hydrogen-bond acceptors (Lipinski definition) is 9. The highest BCUT2D eigenvalue weighted by atomic mass is 35.5. The number of halogens is 2. The van der Waals surface area contributed by atoms with E-state index < -0.39 is 33.6 Å². The first-order valence-corrected chi connectivity index (χ1v) is 15.6. The van der Waals surface area contributed by atoms with Crippen LogP contribution < -0.4 is 18.5 Å². The van der Waals surface area contributed by atoms with Gasteiger partial charge in [0, 0.05) is 37.8 Å². The standard InChI is InChI=1S/C30H31Cl2N3O8S/c1-33(2)28(37)24-12-17(36)16-34(24)30(19-8-6-7-9-25(19)42-4)20-14-21(31)22(32)15-23(20)35(29(30)38)44(39,40)27-11-10-18(41-3)13-26(27)43-5/h6-11,13-15,17,24,36H,12,16H2,1-5H3/t17-,24+,30?/m1/s1. The van der Waals surface area contributed by atoms with E-state index in [0.717, 1.165) is 0 Å². The summed E-state index contributed by atoms with van der Waals surface area (Å²) >= 11 is 13.0. The fourth-order valence-electron chi connectivity index (χ4n) is 6.04. The van der Waals surface area contributed by atoms with Crippen molar-refractivity contribution in [2.75, 3.05) is 46.3 Å². The fraction of sp³-hybridized carbons (Fsp3) is 0.333. The molecule has 0 bridgehead atoms. The van der Waals surface area contributed by atoms with Crippen molar-refractivity contribution in [3.63, 3.8) is 0 Å². The van der Waals surface area contributed by atoms with Crippen molar-refractivity contribution in [1.29, 1.82) is 0 Å². The Morgan fingerprint density at radius 3 is 2.25 bits per heavy atom. The number of hydrogen-bond donors (Lipinski definition) is 1. The van der Waals surface area contributed by atoms with Gasteiger partial charge in [0.05, 0.1) is 49.2 Å². The molecule has 5 rings (SSSR count). The summed E-state index contributed by atoms with van der Waals surface area (Å²) in [5.41, 5.74) is -1.69. The van der Waals surface area contributed by atoms with Crippen LogP contribution in [0.4, 0.5) is 5.69 Å². The molecule has 3 atom stereocenters. The van der Waals surface area contributed by atoms with Crippen molar-refractivity contribution < 1.29 is 37.3 Å². The number of amides is 2. The van der Waals surface area contributed by atoms with Gasteiger partial charge in [0.1, 0.15) is 22.1 Å². The number of likely N-dealkylation sites (N-methyl/N-ethyl adjacent to an activating group) is 1. The van der Waals surface area contributed by atoms with Crippen molar-refractivity contribution in [3.8, 4) is 17.2 Å². The highest BCUT2D eigenvalue weighted by Crippen LogP contribution is 2.56. The molecule has 1 N–H and O–H groups in total. The molecule has 0 saturated carbocycles. The van der Waals surface area contributed by atoms with Gasteiger partial charge in [0.25, 0.3) is 15.9 Å². The third-order valence-electron chi connectivity index (χ3n) is 7.96. The number of carbonyl (C=O) groups is 2. The van der Waals surface area contributed by atoms with Crippen molar-refractivity contribution in [2.24, 2.45) is 0 Å². The molecule has 0 aliphatic carbocycles. The molecule has 0 spiro atoms. The van der Waals surface area contributed by atoms with E-state index >= 15 is 4.79 Å². The number of ether oxygens (including phenoxy) is 3. The van der Waals surface area contributed by atoms with E-state index in [0.29, 0.717) is 10.1 Å². The zero-order chi connectivity index (χ0) is 32.1. The number of aliphatic hydroxyl groups excluding tert-OH is 1. The van der Waals surface area contributed by atoms with Gasteiger partial charge in [-0.15, -0.1) is 0 Å². The van der Waals surface area contributed by atoms with Gasteiger partial charge in [-0.05, 0) is 36.8 Å². The molecule has 1 fully saturated rings. The first kappa shape index (κ1) is 31.9. The maximum atomic E-state index is 15.2. The molecule has 234 valence electrons. The topological polar surface area (TPSA) is 126 Å². The lowest BCUT2D eigenvalue weighted by molar-refractivity contribution is -0.138. The molecule has 1 unspecified atom stereocenters. The van der Waals surface area contributed by atoms with Gasteiger partial charge in [0.2, 0.25) is 5.91 Å². The van der Waals surface area contributed by atoms with Gasteiger partial charge in [-0.3, -0.25) is 14.5 Å². The number of rotatable bonds is 8. The van der Waals surface area contributed by atoms with Gasteiger partial charge in [-0.2, -0.15) is 0 Å². The SMILES string of the molecule is COc1ccc(S(=O)(=O)N2C(=O)C(c3ccccc3OC)(N3C[C@H](O)C[C@H]3C(=O)N(C)C)c3cc(Cl)c(Cl)cc32)c(OC)c1. The molecule has 3 aromatic rings. The predicted octanol–water partition coefficient (Wildman–Crippen LogP) is 3.52. The summed E-state index contributed by atoms with van der Waals surface area (Å²) in [4.78, 5) is 31.4. The maximum absolute atomic E-state index is 15.2. The summed E-state index contributed by atoms with van der Waals surface area (Å²) in [6.45, 7) is -0.145. The summed E-state index contributed by atoms with van der Waals surface area (Å²) in [5, 5.41) is 11.0. The lowest BCUT2D eigenvalue weighted by atomic mass is 9.80. The van der Waals surface area contributed by atoms with Gasteiger partial charge in [-0.25, -0.2) is 12.7 Å². The quantitative estimate of drug-likeness (QED) is 0.385. The first-order chi connectivity index (χ1) is 20.8. The number of nitrogens with zero attached hydrogens (tertiary/aromatic N) is 3. The Kier molecular flexibility index (Phi) is 8.51. The van der Waals surface area contributed by atoms with Crippen LogP contribution in [-0.4, -0.2) is 89.3 Å².